The number of carboxylic acids is 1. The van der Waals surface area contributed by atoms with Gasteiger partial charge in [-0.05, 0) is 31.0 Å². The molecule has 1 heterocycles. The van der Waals surface area contributed by atoms with Crippen LogP contribution < -0.4 is 0 Å². The molecule has 0 bridgehead atoms. The summed E-state index contributed by atoms with van der Waals surface area (Å²) in [5.74, 6) is -2.91. The number of benzene rings is 1. The second kappa shape index (κ2) is 6.66. The predicted molar refractivity (Wildman–Crippen MR) is 81.7 cm³/mol. The summed E-state index contributed by atoms with van der Waals surface area (Å²) in [6, 6.07) is 2.62. The number of hydrogen-bond acceptors (Lipinski definition) is 4. The predicted octanol–water partition coefficient (Wildman–Crippen LogP) is 1.56. The van der Waals surface area contributed by atoms with Gasteiger partial charge in [0.15, 0.2) is 9.84 Å². The van der Waals surface area contributed by atoms with Gasteiger partial charge >= 0.3 is 5.97 Å². The summed E-state index contributed by atoms with van der Waals surface area (Å²) >= 11 is 0. The van der Waals surface area contributed by atoms with Crippen molar-refractivity contribution in [3.8, 4) is 0 Å². The van der Waals surface area contributed by atoms with Crippen LogP contribution in [-0.4, -0.2) is 54.4 Å². The SMILES string of the molecule is CCCN(C(=O)c1ccc(C(=O)O)cc1F)C1CCS(=O)(=O)C1. The second-order valence-electron chi connectivity index (χ2n) is 5.56. The van der Waals surface area contributed by atoms with Crippen molar-refractivity contribution in [3.63, 3.8) is 0 Å². The summed E-state index contributed by atoms with van der Waals surface area (Å²) < 4.78 is 37.3. The Bertz CT molecular complexity index is 731. The Morgan fingerprint density at radius 2 is 2.09 bits per heavy atom. The van der Waals surface area contributed by atoms with Crippen LogP contribution in [0.1, 0.15) is 40.5 Å². The molecule has 1 fully saturated rings. The van der Waals surface area contributed by atoms with E-state index < -0.39 is 33.6 Å². The molecule has 0 radical (unpaired) electrons. The minimum absolute atomic E-state index is 0.0194. The molecule has 8 heteroatoms. The van der Waals surface area contributed by atoms with Gasteiger partial charge in [-0.3, -0.25) is 4.79 Å². The minimum Gasteiger partial charge on any atom is -0.478 e. The molecular formula is C15H18FNO5S. The Morgan fingerprint density at radius 3 is 2.57 bits per heavy atom. The van der Waals surface area contributed by atoms with E-state index in [9.17, 15) is 22.4 Å². The summed E-state index contributed by atoms with van der Waals surface area (Å²) in [5.41, 5.74) is -0.489. The first-order valence-electron chi connectivity index (χ1n) is 7.29. The largest absolute Gasteiger partial charge is 0.478 e. The second-order valence-corrected chi connectivity index (χ2v) is 7.78. The van der Waals surface area contributed by atoms with E-state index in [-0.39, 0.29) is 22.6 Å². The summed E-state index contributed by atoms with van der Waals surface area (Å²) in [7, 11) is -3.17. The van der Waals surface area contributed by atoms with E-state index in [1.54, 1.807) is 0 Å². The molecule has 1 amide bonds. The molecule has 1 unspecified atom stereocenters. The molecule has 1 saturated heterocycles. The molecule has 1 aromatic rings. The lowest BCUT2D eigenvalue weighted by Crippen LogP contribution is -2.42. The van der Waals surface area contributed by atoms with Crippen LogP contribution in [0.3, 0.4) is 0 Å². The molecule has 1 aliphatic heterocycles. The molecule has 126 valence electrons. The fourth-order valence-electron chi connectivity index (χ4n) is 2.69. The molecule has 23 heavy (non-hydrogen) atoms. The van der Waals surface area contributed by atoms with Crippen LogP contribution in [0.5, 0.6) is 0 Å². The highest BCUT2D eigenvalue weighted by Crippen LogP contribution is 2.22. The number of carbonyl (C=O) groups is 2. The summed E-state index contributed by atoms with van der Waals surface area (Å²) in [6.07, 6.45) is 0.944. The number of hydrogen-bond donors (Lipinski definition) is 1. The molecule has 1 N–H and O–H groups in total. The van der Waals surface area contributed by atoms with Crippen LogP contribution in [0.2, 0.25) is 0 Å². The van der Waals surface area contributed by atoms with E-state index in [0.717, 1.165) is 18.2 Å². The maximum absolute atomic E-state index is 14.1. The molecule has 1 atom stereocenters. The van der Waals surface area contributed by atoms with E-state index in [0.29, 0.717) is 19.4 Å². The van der Waals surface area contributed by atoms with Crippen molar-refractivity contribution in [2.45, 2.75) is 25.8 Å². The Kier molecular flexibility index (Phi) is 5.03. The van der Waals surface area contributed by atoms with E-state index in [1.165, 1.54) is 4.90 Å². The lowest BCUT2D eigenvalue weighted by molar-refractivity contribution is 0.0678. The van der Waals surface area contributed by atoms with Gasteiger partial charge in [-0.15, -0.1) is 0 Å². The van der Waals surface area contributed by atoms with Gasteiger partial charge < -0.3 is 10.0 Å². The molecule has 0 spiro atoms. The van der Waals surface area contributed by atoms with Crippen molar-refractivity contribution in [2.24, 2.45) is 0 Å². The van der Waals surface area contributed by atoms with E-state index in [4.69, 9.17) is 5.11 Å². The number of nitrogens with zero attached hydrogens (tertiary/aromatic N) is 1. The maximum Gasteiger partial charge on any atom is 0.335 e. The van der Waals surface area contributed by atoms with Crippen LogP contribution in [-0.2, 0) is 9.84 Å². The fourth-order valence-corrected chi connectivity index (χ4v) is 4.42. The number of aromatic carboxylic acids is 1. The van der Waals surface area contributed by atoms with Gasteiger partial charge in [0.2, 0.25) is 0 Å². The van der Waals surface area contributed by atoms with Gasteiger partial charge in [0.05, 0.1) is 22.6 Å². The number of halogens is 1. The highest BCUT2D eigenvalue weighted by Gasteiger charge is 2.35. The van der Waals surface area contributed by atoms with Gasteiger partial charge in [0.25, 0.3) is 5.91 Å². The third kappa shape index (κ3) is 3.87. The van der Waals surface area contributed by atoms with Crippen molar-refractivity contribution in [1.29, 1.82) is 0 Å². The molecule has 0 aliphatic carbocycles. The standard InChI is InChI=1S/C15H18FNO5S/c1-2-6-17(11-5-7-23(21,22)9-11)14(18)12-4-3-10(15(19)20)8-13(12)16/h3-4,8,11H,2,5-7,9H2,1H3,(H,19,20). The molecule has 1 aromatic carbocycles. The van der Waals surface area contributed by atoms with Gasteiger partial charge in [0, 0.05) is 12.6 Å². The van der Waals surface area contributed by atoms with Crippen molar-refractivity contribution in [3.05, 3.63) is 35.1 Å². The summed E-state index contributed by atoms with van der Waals surface area (Å²) in [4.78, 5) is 24.8. The Labute approximate surface area is 133 Å². The van der Waals surface area contributed by atoms with E-state index in [1.807, 2.05) is 6.92 Å². The zero-order chi connectivity index (χ0) is 17.2. The normalized spacial score (nSPS) is 19.5. The van der Waals surface area contributed by atoms with Gasteiger partial charge in [-0.1, -0.05) is 6.92 Å². The monoisotopic (exact) mass is 343 g/mol. The third-order valence-corrected chi connectivity index (χ3v) is 5.57. The van der Waals surface area contributed by atoms with E-state index in [2.05, 4.69) is 0 Å². The van der Waals surface area contributed by atoms with Crippen molar-refractivity contribution in [2.75, 3.05) is 18.1 Å². The first kappa shape index (κ1) is 17.4. The third-order valence-electron chi connectivity index (χ3n) is 3.82. The van der Waals surface area contributed by atoms with Crippen molar-refractivity contribution < 1.29 is 27.5 Å². The van der Waals surface area contributed by atoms with Crippen molar-refractivity contribution in [1.82, 2.24) is 4.90 Å². The summed E-state index contributed by atoms with van der Waals surface area (Å²) in [5, 5.41) is 8.83. The number of sulfone groups is 1. The number of rotatable bonds is 5. The zero-order valence-corrected chi connectivity index (χ0v) is 13.5. The van der Waals surface area contributed by atoms with Crippen LogP contribution in [0, 0.1) is 5.82 Å². The molecule has 0 saturated carbocycles. The zero-order valence-electron chi connectivity index (χ0n) is 12.7. The molecule has 2 rings (SSSR count). The van der Waals surface area contributed by atoms with Crippen LogP contribution in [0.4, 0.5) is 4.39 Å². The smallest absolute Gasteiger partial charge is 0.335 e. The Balaban J connectivity index is 2.30. The van der Waals surface area contributed by atoms with Crippen LogP contribution in [0.15, 0.2) is 18.2 Å². The van der Waals surface area contributed by atoms with Crippen molar-refractivity contribution >= 4 is 21.7 Å². The minimum atomic E-state index is -3.17. The lowest BCUT2D eigenvalue weighted by atomic mass is 10.1. The average Bonchev–Trinajstić information content (AvgIpc) is 2.83. The van der Waals surface area contributed by atoms with Gasteiger partial charge in [-0.25, -0.2) is 17.6 Å². The first-order chi connectivity index (χ1) is 10.7. The average molecular weight is 343 g/mol. The molecular weight excluding hydrogens is 325 g/mol. The first-order valence-corrected chi connectivity index (χ1v) is 9.11. The lowest BCUT2D eigenvalue weighted by Gasteiger charge is -2.28. The fraction of sp³-hybridized carbons (Fsp3) is 0.467. The highest BCUT2D eigenvalue weighted by atomic mass is 32.2. The van der Waals surface area contributed by atoms with Gasteiger partial charge in [-0.2, -0.15) is 0 Å². The maximum atomic E-state index is 14.1. The van der Waals surface area contributed by atoms with Crippen LogP contribution in [0.25, 0.3) is 0 Å². The highest BCUT2D eigenvalue weighted by molar-refractivity contribution is 7.91. The number of carbonyl (C=O) groups excluding carboxylic acids is 1. The Hall–Kier alpha value is -1.96. The molecule has 0 aromatic heterocycles. The Morgan fingerprint density at radius 1 is 1.39 bits per heavy atom. The number of carboxylic acid groups (broad SMARTS) is 1. The van der Waals surface area contributed by atoms with E-state index >= 15 is 0 Å². The summed E-state index contributed by atoms with van der Waals surface area (Å²) in [6.45, 7) is 2.16. The number of amides is 1. The van der Waals surface area contributed by atoms with Gasteiger partial charge in [0.1, 0.15) is 5.82 Å². The molecule has 1 aliphatic rings. The van der Waals surface area contributed by atoms with Crippen LogP contribution >= 0.6 is 0 Å². The quantitative estimate of drug-likeness (QED) is 0.876. The topological polar surface area (TPSA) is 91.8 Å². The molecule has 6 nitrogen and oxygen atoms in total.